The minimum atomic E-state index is 0.153. The van der Waals surface area contributed by atoms with Crippen LogP contribution in [0.1, 0.15) is 79.1 Å². The molecular formula is C16H30Te. The van der Waals surface area contributed by atoms with Crippen molar-refractivity contribution in [3.05, 3.63) is 9.19 Å². The van der Waals surface area contributed by atoms with E-state index in [1.807, 2.05) is 9.19 Å². The summed E-state index contributed by atoms with van der Waals surface area (Å²) in [5.74, 6) is 0. The molecule has 0 spiro atoms. The predicted molar refractivity (Wildman–Crippen MR) is 79.7 cm³/mol. The molecule has 0 fully saturated rings. The van der Waals surface area contributed by atoms with Crippen LogP contribution in [0.25, 0.3) is 0 Å². The Hall–Kier alpha value is 0.530. The standard InChI is InChI=1S/C16H30Te/c1-5-6-13-17-15-12-10-8-7-9-11-14(15)16(2,3)4/h5-13H2,1-4H3/b15-14-. The van der Waals surface area contributed by atoms with Crippen molar-refractivity contribution >= 4 is 20.9 Å². The van der Waals surface area contributed by atoms with Crippen LogP contribution in [0.5, 0.6) is 0 Å². The molecule has 0 radical (unpaired) electrons. The molecule has 0 aliphatic heterocycles. The third-order valence-electron chi connectivity index (χ3n) is 3.60. The molecule has 0 aromatic heterocycles. The predicted octanol–water partition coefficient (Wildman–Crippen LogP) is 5.56. The molecule has 1 aliphatic rings. The van der Waals surface area contributed by atoms with Gasteiger partial charge in [-0.3, -0.25) is 0 Å². The van der Waals surface area contributed by atoms with E-state index in [0.29, 0.717) is 5.41 Å². The fourth-order valence-electron chi connectivity index (χ4n) is 2.52. The van der Waals surface area contributed by atoms with Crippen LogP contribution in [0, 0.1) is 5.41 Å². The Morgan fingerprint density at radius 2 is 1.65 bits per heavy atom. The molecule has 1 rings (SSSR count). The first kappa shape index (κ1) is 15.6. The van der Waals surface area contributed by atoms with Gasteiger partial charge in [-0.2, -0.15) is 0 Å². The SMILES string of the molecule is CCCC[Te]/C1=C(\C(C)(C)C)CCCCCC1. The number of allylic oxidation sites excluding steroid dienone is 2. The maximum atomic E-state index is 2.43. The van der Waals surface area contributed by atoms with Crippen LogP contribution in [0.15, 0.2) is 9.19 Å². The summed E-state index contributed by atoms with van der Waals surface area (Å²) in [7, 11) is 0. The van der Waals surface area contributed by atoms with Gasteiger partial charge in [-0.15, -0.1) is 0 Å². The Bertz CT molecular complexity index is 245. The van der Waals surface area contributed by atoms with E-state index in [0.717, 1.165) is 0 Å². The van der Waals surface area contributed by atoms with Crippen molar-refractivity contribution in [3.8, 4) is 0 Å². The van der Waals surface area contributed by atoms with Crippen molar-refractivity contribution in [1.29, 1.82) is 0 Å². The fraction of sp³-hybridized carbons (Fsp3) is 0.875. The zero-order valence-electron chi connectivity index (χ0n) is 12.3. The summed E-state index contributed by atoms with van der Waals surface area (Å²) in [6, 6.07) is 0. The summed E-state index contributed by atoms with van der Waals surface area (Å²) in [4.78, 5) is 0. The quantitative estimate of drug-likeness (QED) is 0.460. The van der Waals surface area contributed by atoms with Gasteiger partial charge < -0.3 is 0 Å². The molecule has 0 bridgehead atoms. The topological polar surface area (TPSA) is 0 Å². The molecule has 1 aliphatic carbocycles. The summed E-state index contributed by atoms with van der Waals surface area (Å²) in [5.41, 5.74) is 2.29. The first-order valence-electron chi connectivity index (χ1n) is 7.41. The van der Waals surface area contributed by atoms with E-state index >= 15 is 0 Å². The van der Waals surface area contributed by atoms with Gasteiger partial charge in [0, 0.05) is 0 Å². The van der Waals surface area contributed by atoms with Crippen LogP contribution >= 0.6 is 0 Å². The normalized spacial score (nSPS) is 23.3. The van der Waals surface area contributed by atoms with Crippen molar-refractivity contribution in [3.63, 3.8) is 0 Å². The van der Waals surface area contributed by atoms with E-state index in [-0.39, 0.29) is 20.9 Å². The molecule has 0 unspecified atom stereocenters. The average Bonchev–Trinajstić information content (AvgIpc) is 2.19. The maximum absolute atomic E-state index is 2.43. The van der Waals surface area contributed by atoms with Gasteiger partial charge in [-0.05, 0) is 0 Å². The van der Waals surface area contributed by atoms with Crippen LogP contribution < -0.4 is 0 Å². The molecule has 0 aromatic rings. The van der Waals surface area contributed by atoms with Crippen LogP contribution in [0.4, 0.5) is 0 Å². The van der Waals surface area contributed by atoms with Gasteiger partial charge in [0.2, 0.25) is 0 Å². The van der Waals surface area contributed by atoms with Gasteiger partial charge in [0.05, 0.1) is 0 Å². The molecule has 0 amide bonds. The van der Waals surface area contributed by atoms with Crippen molar-refractivity contribution in [2.24, 2.45) is 5.41 Å². The zero-order valence-corrected chi connectivity index (χ0v) is 14.6. The zero-order chi connectivity index (χ0) is 12.7. The fourth-order valence-corrected chi connectivity index (χ4v) is 6.95. The van der Waals surface area contributed by atoms with Crippen molar-refractivity contribution < 1.29 is 0 Å². The second-order valence-corrected chi connectivity index (χ2v) is 9.66. The third-order valence-corrected chi connectivity index (χ3v) is 7.28. The van der Waals surface area contributed by atoms with E-state index in [2.05, 4.69) is 27.7 Å². The van der Waals surface area contributed by atoms with E-state index in [1.54, 1.807) is 0 Å². The van der Waals surface area contributed by atoms with Crippen LogP contribution in [-0.4, -0.2) is 20.9 Å². The Morgan fingerprint density at radius 1 is 1.00 bits per heavy atom. The van der Waals surface area contributed by atoms with Crippen LogP contribution in [0.2, 0.25) is 4.47 Å². The summed E-state index contributed by atoms with van der Waals surface area (Å²) in [5, 5.41) is 0. The first-order valence-corrected chi connectivity index (χ1v) is 10.2. The van der Waals surface area contributed by atoms with E-state index < -0.39 is 0 Å². The molecule has 0 nitrogen and oxygen atoms in total. The summed E-state index contributed by atoms with van der Waals surface area (Å²) in [6.45, 7) is 9.61. The minimum absolute atomic E-state index is 0.153. The molecule has 0 aromatic carbocycles. The number of hydrogen-bond acceptors (Lipinski definition) is 0. The summed E-state index contributed by atoms with van der Waals surface area (Å²) < 4.78 is 3.49. The Morgan fingerprint density at radius 3 is 2.24 bits per heavy atom. The molecule has 0 saturated carbocycles. The van der Waals surface area contributed by atoms with Gasteiger partial charge >= 0.3 is 119 Å². The Balaban J connectivity index is 2.75. The second-order valence-electron chi connectivity index (χ2n) is 6.27. The Kier molecular flexibility index (Phi) is 7.20. The van der Waals surface area contributed by atoms with Crippen LogP contribution in [-0.2, 0) is 0 Å². The van der Waals surface area contributed by atoms with Gasteiger partial charge in [0.15, 0.2) is 0 Å². The molecule has 0 heterocycles. The van der Waals surface area contributed by atoms with E-state index in [9.17, 15) is 0 Å². The molecule has 0 atom stereocenters. The van der Waals surface area contributed by atoms with Crippen LogP contribution in [0.3, 0.4) is 0 Å². The van der Waals surface area contributed by atoms with Crippen molar-refractivity contribution in [2.45, 2.75) is 83.5 Å². The van der Waals surface area contributed by atoms with Crippen molar-refractivity contribution in [2.75, 3.05) is 0 Å². The number of rotatable bonds is 4. The first-order chi connectivity index (χ1) is 8.05. The Labute approximate surface area is 119 Å². The molecular weight excluding hydrogens is 320 g/mol. The number of unbranched alkanes of at least 4 members (excludes halogenated alkanes) is 1. The van der Waals surface area contributed by atoms with E-state index in [1.165, 1.54) is 55.8 Å². The average molecular weight is 350 g/mol. The molecule has 17 heavy (non-hydrogen) atoms. The monoisotopic (exact) mass is 352 g/mol. The third kappa shape index (κ3) is 5.80. The number of hydrogen-bond donors (Lipinski definition) is 0. The molecule has 0 saturated heterocycles. The van der Waals surface area contributed by atoms with E-state index in [4.69, 9.17) is 0 Å². The van der Waals surface area contributed by atoms with Gasteiger partial charge in [-0.1, -0.05) is 0 Å². The molecule has 1 heteroatoms. The molecule has 100 valence electrons. The van der Waals surface area contributed by atoms with Gasteiger partial charge in [0.1, 0.15) is 0 Å². The van der Waals surface area contributed by atoms with Crippen molar-refractivity contribution in [1.82, 2.24) is 0 Å². The van der Waals surface area contributed by atoms with Gasteiger partial charge in [0.25, 0.3) is 0 Å². The molecule has 0 N–H and O–H groups in total. The van der Waals surface area contributed by atoms with Gasteiger partial charge in [-0.25, -0.2) is 0 Å². The summed E-state index contributed by atoms with van der Waals surface area (Å²) in [6.07, 6.45) is 11.5. The second kappa shape index (κ2) is 7.85. The summed E-state index contributed by atoms with van der Waals surface area (Å²) >= 11 is 0.153.